The summed E-state index contributed by atoms with van der Waals surface area (Å²) < 4.78 is 0. The molecule has 3 heteroatoms. The van der Waals surface area contributed by atoms with Gasteiger partial charge in [-0.2, -0.15) is 0 Å². The Labute approximate surface area is 111 Å². The van der Waals surface area contributed by atoms with E-state index in [2.05, 4.69) is 31.7 Å². The number of hydrogen-bond acceptors (Lipinski definition) is 0. The highest BCUT2D eigenvalue weighted by atomic mass is 35.5. The van der Waals surface area contributed by atoms with Crippen LogP contribution in [0.1, 0.15) is 36.1 Å². The molecular formula is C13H18Cl2Si. The van der Waals surface area contributed by atoms with Crippen LogP contribution in [0.4, 0.5) is 0 Å². The number of aryl methyl sites for hydroxylation is 1. The van der Waals surface area contributed by atoms with Gasteiger partial charge in [-0.1, -0.05) is 37.3 Å². The lowest BCUT2D eigenvalue weighted by atomic mass is 9.96. The maximum Gasteiger partial charge on any atom is 0.111 e. The zero-order chi connectivity index (χ0) is 12.3. The van der Waals surface area contributed by atoms with Gasteiger partial charge in [-0.05, 0) is 35.6 Å². The van der Waals surface area contributed by atoms with Crippen molar-refractivity contribution in [2.75, 3.05) is 0 Å². The van der Waals surface area contributed by atoms with Gasteiger partial charge in [-0.25, -0.2) is 0 Å². The molecule has 0 aromatic heterocycles. The minimum absolute atomic E-state index is 0.265. The van der Waals surface area contributed by atoms with Crippen LogP contribution in [0, 0.1) is 0 Å². The molecule has 1 aromatic carbocycles. The Balaban J connectivity index is 3.25. The first-order chi connectivity index (χ1) is 7.47. The average Bonchev–Trinajstić information content (AvgIpc) is 2.26. The summed E-state index contributed by atoms with van der Waals surface area (Å²) in [6.07, 6.45) is 1.03. The number of benzene rings is 1. The summed E-state index contributed by atoms with van der Waals surface area (Å²) in [5, 5.41) is 0. The normalized spacial score (nSPS) is 13.1. The summed E-state index contributed by atoms with van der Waals surface area (Å²) in [7, 11) is 0.951. The fraction of sp³-hybridized carbons (Fsp3) is 0.385. The van der Waals surface area contributed by atoms with E-state index in [1.54, 1.807) is 0 Å². The lowest BCUT2D eigenvalue weighted by Crippen LogP contribution is -2.10. The summed E-state index contributed by atoms with van der Waals surface area (Å²) in [5.74, 6) is 0. The first-order valence-electron chi connectivity index (χ1n) is 5.54. The maximum absolute atomic E-state index is 6.01. The first kappa shape index (κ1) is 13.8. The van der Waals surface area contributed by atoms with Gasteiger partial charge in [0.2, 0.25) is 0 Å². The molecule has 1 rings (SSSR count). The lowest BCUT2D eigenvalue weighted by molar-refractivity contribution is 1.01. The molecule has 0 spiro atoms. The third-order valence-corrected chi connectivity index (χ3v) is 5.74. The standard InChI is InChI=1S/C13H18Cl2Si/c1-4-9-5-6-10(8(2)3)11(7-9)12(16)13(14)15/h5-7,12-13H,2,4H2,1,3,16H3. The summed E-state index contributed by atoms with van der Waals surface area (Å²) >= 11 is 12.0. The molecule has 1 unspecified atom stereocenters. The molecule has 0 saturated heterocycles. The van der Waals surface area contributed by atoms with Gasteiger partial charge < -0.3 is 0 Å². The van der Waals surface area contributed by atoms with Crippen molar-refractivity contribution in [2.45, 2.75) is 30.6 Å². The van der Waals surface area contributed by atoms with E-state index in [9.17, 15) is 0 Å². The molecule has 0 N–H and O–H groups in total. The number of rotatable bonds is 4. The van der Waals surface area contributed by atoms with Crippen molar-refractivity contribution in [3.05, 3.63) is 41.5 Å². The monoisotopic (exact) mass is 272 g/mol. The van der Waals surface area contributed by atoms with E-state index in [1.807, 2.05) is 6.92 Å². The van der Waals surface area contributed by atoms with Gasteiger partial charge >= 0.3 is 0 Å². The van der Waals surface area contributed by atoms with Crippen LogP contribution in [0.2, 0.25) is 0 Å². The van der Waals surface area contributed by atoms with Gasteiger partial charge in [-0.3, -0.25) is 0 Å². The molecule has 88 valence electrons. The number of hydrogen-bond donors (Lipinski definition) is 0. The van der Waals surface area contributed by atoms with Gasteiger partial charge in [0.1, 0.15) is 4.84 Å². The number of alkyl halides is 2. The van der Waals surface area contributed by atoms with E-state index in [-0.39, 0.29) is 10.4 Å². The molecule has 0 saturated carbocycles. The SMILES string of the molecule is C=C(C)c1ccc(CC)cc1C([SiH3])C(Cl)Cl. The molecule has 0 radical (unpaired) electrons. The fourth-order valence-corrected chi connectivity index (χ4v) is 2.48. The summed E-state index contributed by atoms with van der Waals surface area (Å²) in [5.41, 5.74) is 5.13. The van der Waals surface area contributed by atoms with Crippen LogP contribution in [0.15, 0.2) is 24.8 Å². The Hall–Kier alpha value is -0.243. The van der Waals surface area contributed by atoms with E-state index in [0.29, 0.717) is 0 Å². The molecule has 0 fully saturated rings. The molecule has 0 aliphatic rings. The zero-order valence-corrected chi connectivity index (χ0v) is 13.6. The molecule has 1 atom stereocenters. The molecule has 16 heavy (non-hydrogen) atoms. The van der Waals surface area contributed by atoms with E-state index in [4.69, 9.17) is 23.2 Å². The molecule has 0 heterocycles. The molecule has 0 bridgehead atoms. The predicted molar refractivity (Wildman–Crippen MR) is 78.7 cm³/mol. The second kappa shape index (κ2) is 5.90. The van der Waals surface area contributed by atoms with Crippen molar-refractivity contribution in [3.63, 3.8) is 0 Å². The van der Waals surface area contributed by atoms with Gasteiger partial charge in [0.05, 0.1) is 0 Å². The van der Waals surface area contributed by atoms with Crippen molar-refractivity contribution in [2.24, 2.45) is 0 Å². The molecule has 0 nitrogen and oxygen atoms in total. The van der Waals surface area contributed by atoms with E-state index < -0.39 is 0 Å². The Morgan fingerprint density at radius 3 is 2.50 bits per heavy atom. The van der Waals surface area contributed by atoms with Crippen molar-refractivity contribution in [1.82, 2.24) is 0 Å². The van der Waals surface area contributed by atoms with E-state index in [1.165, 1.54) is 16.7 Å². The van der Waals surface area contributed by atoms with Crippen molar-refractivity contribution in [3.8, 4) is 0 Å². The van der Waals surface area contributed by atoms with Gasteiger partial charge in [-0.15, -0.1) is 23.2 Å². The second-order valence-corrected chi connectivity index (χ2v) is 6.59. The quantitative estimate of drug-likeness (QED) is 0.582. The van der Waals surface area contributed by atoms with E-state index >= 15 is 0 Å². The molecule has 0 aliphatic heterocycles. The fourth-order valence-electron chi connectivity index (χ4n) is 1.73. The maximum atomic E-state index is 6.01. The van der Waals surface area contributed by atoms with Gasteiger partial charge in [0, 0.05) is 10.2 Å². The number of halogens is 2. The first-order valence-corrected chi connectivity index (χ1v) is 7.57. The van der Waals surface area contributed by atoms with Crippen LogP contribution in [-0.2, 0) is 6.42 Å². The third-order valence-electron chi connectivity index (χ3n) is 2.85. The minimum Gasteiger partial charge on any atom is -0.105 e. The number of allylic oxidation sites excluding steroid dienone is 1. The second-order valence-electron chi connectivity index (χ2n) is 4.18. The minimum atomic E-state index is -0.322. The third kappa shape index (κ3) is 3.13. The highest BCUT2D eigenvalue weighted by molar-refractivity contribution is 6.47. The Morgan fingerprint density at radius 2 is 2.06 bits per heavy atom. The smallest absolute Gasteiger partial charge is 0.105 e. The van der Waals surface area contributed by atoms with Crippen molar-refractivity contribution in [1.29, 1.82) is 0 Å². The Bertz CT molecular complexity index is 386. The lowest BCUT2D eigenvalue weighted by Gasteiger charge is -2.18. The van der Waals surface area contributed by atoms with E-state index in [0.717, 1.165) is 22.2 Å². The molecule has 0 aliphatic carbocycles. The van der Waals surface area contributed by atoms with Crippen molar-refractivity contribution < 1.29 is 0 Å². The summed E-state index contributed by atoms with van der Waals surface area (Å²) in [4.78, 5) is -0.322. The predicted octanol–water partition coefficient (Wildman–Crippen LogP) is 3.49. The van der Waals surface area contributed by atoms with Crippen LogP contribution >= 0.6 is 23.2 Å². The Kier molecular flexibility index (Phi) is 5.10. The van der Waals surface area contributed by atoms with Gasteiger partial charge in [0.15, 0.2) is 0 Å². The van der Waals surface area contributed by atoms with Crippen LogP contribution in [0.5, 0.6) is 0 Å². The van der Waals surface area contributed by atoms with Crippen LogP contribution in [0.25, 0.3) is 5.57 Å². The van der Waals surface area contributed by atoms with Crippen LogP contribution < -0.4 is 0 Å². The highest BCUT2D eigenvalue weighted by Crippen LogP contribution is 2.30. The van der Waals surface area contributed by atoms with Crippen molar-refractivity contribution >= 4 is 39.0 Å². The average molecular weight is 273 g/mol. The van der Waals surface area contributed by atoms with Gasteiger partial charge in [0.25, 0.3) is 0 Å². The molecule has 1 aromatic rings. The van der Waals surface area contributed by atoms with Crippen LogP contribution in [0.3, 0.4) is 0 Å². The molecular weight excluding hydrogens is 255 g/mol. The zero-order valence-electron chi connectivity index (χ0n) is 10.1. The molecule has 0 amide bonds. The summed E-state index contributed by atoms with van der Waals surface area (Å²) in [6, 6.07) is 6.51. The topological polar surface area (TPSA) is 0 Å². The van der Waals surface area contributed by atoms with Crippen LogP contribution in [-0.4, -0.2) is 15.1 Å². The largest absolute Gasteiger partial charge is 0.111 e. The summed E-state index contributed by atoms with van der Waals surface area (Å²) in [6.45, 7) is 8.19. The highest BCUT2D eigenvalue weighted by Gasteiger charge is 2.17. The Morgan fingerprint density at radius 1 is 1.44 bits per heavy atom.